The van der Waals surface area contributed by atoms with Crippen molar-refractivity contribution in [3.8, 4) is 5.75 Å². The standard InChI is InChI=1S/C17H27N3O3/c1-17(2,3)23-16(21)19-12-6-7-15(22-5)13(10-12)14-11-18-8-9-20(14)4/h6-7,10,14,18H,8-9,11H2,1-5H3,(H,19,21). The quantitative estimate of drug-likeness (QED) is 0.896. The maximum absolute atomic E-state index is 11.9. The van der Waals surface area contributed by atoms with E-state index < -0.39 is 11.7 Å². The zero-order chi connectivity index (χ0) is 17.0. The van der Waals surface area contributed by atoms with Gasteiger partial charge in [0.1, 0.15) is 11.4 Å². The van der Waals surface area contributed by atoms with Crippen LogP contribution in [0.5, 0.6) is 5.75 Å². The van der Waals surface area contributed by atoms with E-state index in [9.17, 15) is 4.79 Å². The molecular weight excluding hydrogens is 294 g/mol. The molecule has 23 heavy (non-hydrogen) atoms. The van der Waals surface area contributed by atoms with Crippen LogP contribution in [0.3, 0.4) is 0 Å². The van der Waals surface area contributed by atoms with Gasteiger partial charge in [-0.3, -0.25) is 10.2 Å². The van der Waals surface area contributed by atoms with Gasteiger partial charge in [0.2, 0.25) is 0 Å². The molecule has 0 radical (unpaired) electrons. The number of methoxy groups -OCH3 is 1. The maximum Gasteiger partial charge on any atom is 0.412 e. The number of nitrogens with one attached hydrogen (secondary N) is 2. The lowest BCUT2D eigenvalue weighted by Crippen LogP contribution is -2.43. The highest BCUT2D eigenvalue weighted by atomic mass is 16.6. The van der Waals surface area contributed by atoms with Gasteiger partial charge >= 0.3 is 6.09 Å². The van der Waals surface area contributed by atoms with Crippen LogP contribution in [0.25, 0.3) is 0 Å². The molecule has 1 aromatic rings. The lowest BCUT2D eigenvalue weighted by atomic mass is 10.0. The molecule has 1 amide bonds. The molecule has 0 spiro atoms. The van der Waals surface area contributed by atoms with E-state index in [1.807, 2.05) is 39.0 Å². The van der Waals surface area contributed by atoms with Crippen molar-refractivity contribution >= 4 is 11.8 Å². The van der Waals surface area contributed by atoms with Crippen LogP contribution in [0.15, 0.2) is 18.2 Å². The zero-order valence-corrected chi connectivity index (χ0v) is 14.6. The molecule has 6 nitrogen and oxygen atoms in total. The summed E-state index contributed by atoms with van der Waals surface area (Å²) in [5.74, 6) is 0.820. The van der Waals surface area contributed by atoms with Crippen LogP contribution in [-0.2, 0) is 4.74 Å². The molecule has 1 aliphatic heterocycles. The number of ether oxygens (including phenoxy) is 2. The summed E-state index contributed by atoms with van der Waals surface area (Å²) in [5.41, 5.74) is 1.23. The number of piperazine rings is 1. The topological polar surface area (TPSA) is 62.8 Å². The van der Waals surface area contributed by atoms with Gasteiger partial charge in [0.05, 0.1) is 13.2 Å². The largest absolute Gasteiger partial charge is 0.496 e. The van der Waals surface area contributed by atoms with E-state index in [0.29, 0.717) is 5.69 Å². The lowest BCUT2D eigenvalue weighted by molar-refractivity contribution is 0.0636. The molecule has 128 valence electrons. The summed E-state index contributed by atoms with van der Waals surface area (Å²) >= 11 is 0. The molecule has 1 unspecified atom stereocenters. The highest BCUT2D eigenvalue weighted by molar-refractivity contribution is 5.85. The minimum atomic E-state index is -0.521. The van der Waals surface area contributed by atoms with E-state index in [1.54, 1.807) is 7.11 Å². The third-order valence-electron chi connectivity index (χ3n) is 3.75. The lowest BCUT2D eigenvalue weighted by Gasteiger charge is -2.34. The average molecular weight is 321 g/mol. The molecule has 2 rings (SSSR count). The number of benzene rings is 1. The molecule has 1 saturated heterocycles. The Labute approximate surface area is 138 Å². The number of likely N-dealkylation sites (N-methyl/N-ethyl adjacent to an activating group) is 1. The molecule has 6 heteroatoms. The van der Waals surface area contributed by atoms with Crippen molar-refractivity contribution in [2.75, 3.05) is 39.1 Å². The summed E-state index contributed by atoms with van der Waals surface area (Å²) in [7, 11) is 3.76. The van der Waals surface area contributed by atoms with Crippen LogP contribution in [0.2, 0.25) is 0 Å². The van der Waals surface area contributed by atoms with Gasteiger partial charge in [-0.1, -0.05) is 0 Å². The first-order chi connectivity index (χ1) is 10.8. The Bertz CT molecular complexity index is 555. The molecule has 1 atom stereocenters. The highest BCUT2D eigenvalue weighted by Crippen LogP contribution is 2.32. The van der Waals surface area contributed by atoms with Gasteiger partial charge in [-0.25, -0.2) is 4.79 Å². The zero-order valence-electron chi connectivity index (χ0n) is 14.6. The van der Waals surface area contributed by atoms with Crippen LogP contribution < -0.4 is 15.4 Å². The second-order valence-corrected chi connectivity index (χ2v) is 6.78. The number of amides is 1. The number of carbonyl (C=O) groups is 1. The van der Waals surface area contributed by atoms with Gasteiger partial charge in [0.15, 0.2) is 0 Å². The summed E-state index contributed by atoms with van der Waals surface area (Å²) in [6, 6.07) is 5.86. The molecule has 0 aliphatic carbocycles. The van der Waals surface area contributed by atoms with Crippen molar-refractivity contribution in [2.24, 2.45) is 0 Å². The van der Waals surface area contributed by atoms with Crippen molar-refractivity contribution in [1.82, 2.24) is 10.2 Å². The second-order valence-electron chi connectivity index (χ2n) is 6.78. The van der Waals surface area contributed by atoms with Crippen LogP contribution >= 0.6 is 0 Å². The second kappa shape index (κ2) is 7.19. The number of hydrogen-bond acceptors (Lipinski definition) is 5. The van der Waals surface area contributed by atoms with E-state index in [1.165, 1.54) is 0 Å². The molecule has 1 aromatic carbocycles. The molecule has 1 heterocycles. The summed E-state index contributed by atoms with van der Waals surface area (Å²) in [6.45, 7) is 8.32. The van der Waals surface area contributed by atoms with E-state index in [4.69, 9.17) is 9.47 Å². The number of carbonyl (C=O) groups excluding carboxylic acids is 1. The normalized spacial score (nSPS) is 19.3. The van der Waals surface area contributed by atoms with Gasteiger partial charge in [0.25, 0.3) is 0 Å². The Morgan fingerprint density at radius 2 is 2.13 bits per heavy atom. The smallest absolute Gasteiger partial charge is 0.412 e. The molecule has 2 N–H and O–H groups in total. The summed E-state index contributed by atoms with van der Waals surface area (Å²) in [6.07, 6.45) is -0.455. The fourth-order valence-electron chi connectivity index (χ4n) is 2.65. The van der Waals surface area contributed by atoms with Crippen molar-refractivity contribution in [3.63, 3.8) is 0 Å². The first-order valence-corrected chi connectivity index (χ1v) is 7.89. The van der Waals surface area contributed by atoms with Gasteiger partial charge in [-0.2, -0.15) is 0 Å². The van der Waals surface area contributed by atoms with Crippen molar-refractivity contribution < 1.29 is 14.3 Å². The SMILES string of the molecule is COc1ccc(NC(=O)OC(C)(C)C)cc1C1CNCCN1C. The van der Waals surface area contributed by atoms with E-state index in [0.717, 1.165) is 30.9 Å². The van der Waals surface area contributed by atoms with Crippen LogP contribution in [0.4, 0.5) is 10.5 Å². The minimum Gasteiger partial charge on any atom is -0.496 e. The first kappa shape index (κ1) is 17.6. The minimum absolute atomic E-state index is 0.207. The predicted octanol–water partition coefficient (Wildman–Crippen LogP) is 2.62. The Balaban J connectivity index is 2.19. The summed E-state index contributed by atoms with van der Waals surface area (Å²) < 4.78 is 10.8. The van der Waals surface area contributed by atoms with E-state index in [2.05, 4.69) is 22.6 Å². The highest BCUT2D eigenvalue weighted by Gasteiger charge is 2.24. The summed E-state index contributed by atoms with van der Waals surface area (Å²) in [4.78, 5) is 14.2. The van der Waals surface area contributed by atoms with Crippen molar-refractivity contribution in [1.29, 1.82) is 0 Å². The van der Waals surface area contributed by atoms with Crippen molar-refractivity contribution in [3.05, 3.63) is 23.8 Å². The van der Waals surface area contributed by atoms with E-state index >= 15 is 0 Å². The first-order valence-electron chi connectivity index (χ1n) is 7.89. The Hall–Kier alpha value is -1.79. The molecule has 0 saturated carbocycles. The Morgan fingerprint density at radius 1 is 1.39 bits per heavy atom. The van der Waals surface area contributed by atoms with Gasteiger partial charge in [-0.05, 0) is 46.0 Å². The molecule has 0 aromatic heterocycles. The third-order valence-corrected chi connectivity index (χ3v) is 3.75. The summed E-state index contributed by atoms with van der Waals surface area (Å²) in [5, 5.41) is 6.19. The van der Waals surface area contributed by atoms with Gasteiger partial charge < -0.3 is 14.8 Å². The third kappa shape index (κ3) is 4.84. The molecular formula is C17H27N3O3. The molecule has 1 aliphatic rings. The van der Waals surface area contributed by atoms with Crippen molar-refractivity contribution in [2.45, 2.75) is 32.4 Å². The predicted molar refractivity (Wildman–Crippen MR) is 91.1 cm³/mol. The Morgan fingerprint density at radius 3 is 2.74 bits per heavy atom. The number of hydrogen-bond donors (Lipinski definition) is 2. The van der Waals surface area contributed by atoms with E-state index in [-0.39, 0.29) is 6.04 Å². The number of nitrogens with zero attached hydrogens (tertiary/aromatic N) is 1. The fraction of sp³-hybridized carbons (Fsp3) is 0.588. The average Bonchev–Trinajstić information content (AvgIpc) is 2.45. The maximum atomic E-state index is 11.9. The van der Waals surface area contributed by atoms with Gasteiger partial charge in [-0.15, -0.1) is 0 Å². The van der Waals surface area contributed by atoms with Crippen LogP contribution in [0, 0.1) is 0 Å². The molecule has 0 bridgehead atoms. The van der Waals surface area contributed by atoms with Crippen LogP contribution in [0.1, 0.15) is 32.4 Å². The van der Waals surface area contributed by atoms with Crippen LogP contribution in [-0.4, -0.2) is 50.4 Å². The molecule has 1 fully saturated rings. The number of rotatable bonds is 3. The number of anilines is 1. The monoisotopic (exact) mass is 321 g/mol. The van der Waals surface area contributed by atoms with Gasteiger partial charge in [0, 0.05) is 30.9 Å². The fourth-order valence-corrected chi connectivity index (χ4v) is 2.65. The Kier molecular flexibility index (Phi) is 5.49.